The molecule has 0 spiro atoms. The Bertz CT molecular complexity index is 1070. The molecule has 154 valence electrons. The molecule has 2 aromatic heterocycles. The fourth-order valence-electron chi connectivity index (χ4n) is 2.53. The molecule has 0 saturated carbocycles. The molecule has 0 aliphatic heterocycles. The predicted octanol–water partition coefficient (Wildman–Crippen LogP) is 4.27. The molecule has 0 radical (unpaired) electrons. The molecule has 0 aliphatic carbocycles. The summed E-state index contributed by atoms with van der Waals surface area (Å²) < 4.78 is 5.18. The van der Waals surface area contributed by atoms with E-state index in [1.807, 2.05) is 6.92 Å². The lowest BCUT2D eigenvalue weighted by Gasteiger charge is -2.11. The quantitative estimate of drug-likeness (QED) is 0.318. The zero-order chi connectivity index (χ0) is 21.5. The minimum absolute atomic E-state index is 0.111. The molecule has 0 saturated heterocycles. The molecule has 0 atom stereocenters. The highest BCUT2D eigenvalue weighted by molar-refractivity contribution is 5.75. The second kappa shape index (κ2) is 9.37. The van der Waals surface area contributed by atoms with Crippen LogP contribution < -0.4 is 15.8 Å². The Balaban J connectivity index is 2.01. The van der Waals surface area contributed by atoms with Crippen molar-refractivity contribution >= 4 is 28.7 Å². The molecule has 3 aromatic rings. The fraction of sp³-hybridized carbons (Fsp3) is 0.211. The molecular formula is C19H20N8O3. The number of nitro groups is 1. The van der Waals surface area contributed by atoms with Gasteiger partial charge in [-0.15, -0.1) is 10.2 Å². The number of non-ortho nitro benzene ring substituents is 1. The van der Waals surface area contributed by atoms with Gasteiger partial charge in [0.1, 0.15) is 5.69 Å². The number of nitrogens with one attached hydrogen (secondary N) is 1. The highest BCUT2D eigenvalue weighted by atomic mass is 16.6. The number of rotatable bonds is 8. The van der Waals surface area contributed by atoms with Crippen LogP contribution >= 0.6 is 0 Å². The van der Waals surface area contributed by atoms with Crippen LogP contribution in [-0.4, -0.2) is 33.5 Å². The molecule has 11 heteroatoms. The molecule has 0 aliphatic rings. The largest absolute Gasteiger partial charge is 0.494 e. The van der Waals surface area contributed by atoms with Gasteiger partial charge in [0.25, 0.3) is 5.69 Å². The van der Waals surface area contributed by atoms with Crippen LogP contribution in [0, 0.1) is 10.1 Å². The summed E-state index contributed by atoms with van der Waals surface area (Å²) in [4.78, 5) is 23.3. The van der Waals surface area contributed by atoms with Crippen LogP contribution in [0.1, 0.15) is 13.3 Å². The Morgan fingerprint density at radius 3 is 2.63 bits per heavy atom. The average Bonchev–Trinajstić information content (AvgIpc) is 2.77. The van der Waals surface area contributed by atoms with Crippen molar-refractivity contribution in [2.45, 2.75) is 13.3 Å². The number of hydrogen-bond donors (Lipinski definition) is 2. The normalized spacial score (nSPS) is 10.9. The molecule has 0 fully saturated rings. The van der Waals surface area contributed by atoms with Gasteiger partial charge in [-0.2, -0.15) is 0 Å². The third-order valence-electron chi connectivity index (χ3n) is 4.02. The van der Waals surface area contributed by atoms with Crippen molar-refractivity contribution in [3.8, 4) is 17.1 Å². The summed E-state index contributed by atoms with van der Waals surface area (Å²) in [6.45, 7) is 2.67. The highest BCUT2D eigenvalue weighted by Gasteiger charge is 2.15. The number of azo groups is 1. The molecule has 3 N–H and O–H groups in total. The molecule has 11 nitrogen and oxygen atoms in total. The van der Waals surface area contributed by atoms with E-state index in [0.717, 1.165) is 12.0 Å². The Labute approximate surface area is 172 Å². The summed E-state index contributed by atoms with van der Waals surface area (Å²) in [6, 6.07) is 7.60. The molecule has 0 unspecified atom stereocenters. The van der Waals surface area contributed by atoms with Crippen LogP contribution in [0.15, 0.2) is 53.0 Å². The van der Waals surface area contributed by atoms with Gasteiger partial charge in [0.15, 0.2) is 28.9 Å². The molecule has 30 heavy (non-hydrogen) atoms. The van der Waals surface area contributed by atoms with E-state index >= 15 is 0 Å². The smallest absolute Gasteiger partial charge is 0.273 e. The van der Waals surface area contributed by atoms with E-state index in [1.54, 1.807) is 24.5 Å². The van der Waals surface area contributed by atoms with Crippen LogP contribution in [0.3, 0.4) is 0 Å². The minimum atomic E-state index is -0.514. The summed E-state index contributed by atoms with van der Waals surface area (Å²) in [7, 11) is 1.40. The number of methoxy groups -OCH3 is 1. The number of nitrogens with two attached hydrogens (primary N) is 1. The maximum absolute atomic E-state index is 10.9. The average molecular weight is 408 g/mol. The van der Waals surface area contributed by atoms with Crippen molar-refractivity contribution in [1.82, 2.24) is 15.0 Å². The van der Waals surface area contributed by atoms with Gasteiger partial charge in [-0.25, -0.2) is 9.97 Å². The standard InChI is InChI=1S/C19H20N8O3/c1-3-8-22-19-16(17(20)23-18(24-19)12-6-9-21-10-7-12)26-25-14-5-4-13(27(28)29)11-15(14)30-2/h4-7,9-11H,3,8H2,1-2H3,(H3,20,22,23,24). The highest BCUT2D eigenvalue weighted by Crippen LogP contribution is 2.36. The van der Waals surface area contributed by atoms with E-state index in [9.17, 15) is 10.1 Å². The van der Waals surface area contributed by atoms with Crippen LogP contribution in [0.5, 0.6) is 5.75 Å². The fourth-order valence-corrected chi connectivity index (χ4v) is 2.53. The molecule has 1 aromatic carbocycles. The Morgan fingerprint density at radius 1 is 1.20 bits per heavy atom. The first kappa shape index (κ1) is 20.6. The number of nitro benzene ring substituents is 1. The Morgan fingerprint density at radius 2 is 1.97 bits per heavy atom. The van der Waals surface area contributed by atoms with E-state index in [4.69, 9.17) is 10.5 Å². The van der Waals surface area contributed by atoms with Crippen molar-refractivity contribution < 1.29 is 9.66 Å². The van der Waals surface area contributed by atoms with Crippen LogP contribution in [0.2, 0.25) is 0 Å². The van der Waals surface area contributed by atoms with Gasteiger partial charge in [0.05, 0.1) is 18.1 Å². The van der Waals surface area contributed by atoms with E-state index in [-0.39, 0.29) is 22.9 Å². The summed E-state index contributed by atoms with van der Waals surface area (Å²) in [5.74, 6) is 1.21. The van der Waals surface area contributed by atoms with Crippen LogP contribution in [-0.2, 0) is 0 Å². The third kappa shape index (κ3) is 4.63. The monoisotopic (exact) mass is 408 g/mol. The molecule has 0 amide bonds. The number of anilines is 2. The number of hydrogen-bond acceptors (Lipinski definition) is 10. The predicted molar refractivity (Wildman–Crippen MR) is 112 cm³/mol. The van der Waals surface area contributed by atoms with Gasteiger partial charge < -0.3 is 15.8 Å². The van der Waals surface area contributed by atoms with E-state index in [1.165, 1.54) is 25.3 Å². The second-order valence-corrected chi connectivity index (χ2v) is 6.11. The van der Waals surface area contributed by atoms with Gasteiger partial charge in [-0.05, 0) is 24.6 Å². The zero-order valence-corrected chi connectivity index (χ0v) is 16.4. The van der Waals surface area contributed by atoms with Gasteiger partial charge in [0.2, 0.25) is 0 Å². The summed E-state index contributed by atoms with van der Waals surface area (Å²) in [6.07, 6.45) is 4.15. The van der Waals surface area contributed by atoms with E-state index < -0.39 is 4.92 Å². The summed E-state index contributed by atoms with van der Waals surface area (Å²) in [5.41, 5.74) is 7.37. The summed E-state index contributed by atoms with van der Waals surface area (Å²) in [5, 5.41) is 22.5. The third-order valence-corrected chi connectivity index (χ3v) is 4.02. The van der Waals surface area contributed by atoms with Gasteiger partial charge >= 0.3 is 0 Å². The molecule has 3 rings (SSSR count). The maximum atomic E-state index is 10.9. The number of ether oxygens (including phenoxy) is 1. The van der Waals surface area contributed by atoms with Gasteiger partial charge in [-0.1, -0.05) is 6.92 Å². The van der Waals surface area contributed by atoms with Crippen molar-refractivity contribution in [3.05, 3.63) is 52.8 Å². The van der Waals surface area contributed by atoms with Crippen molar-refractivity contribution in [3.63, 3.8) is 0 Å². The summed E-state index contributed by atoms with van der Waals surface area (Å²) >= 11 is 0. The first-order valence-corrected chi connectivity index (χ1v) is 9.09. The lowest BCUT2D eigenvalue weighted by atomic mass is 10.2. The maximum Gasteiger partial charge on any atom is 0.273 e. The Kier molecular flexibility index (Phi) is 6.42. The molecule has 2 heterocycles. The molecule has 0 bridgehead atoms. The van der Waals surface area contributed by atoms with Gasteiger partial charge in [0, 0.05) is 30.6 Å². The SMILES string of the molecule is CCCNc1nc(-c2ccncc2)nc(N)c1N=Nc1ccc([N+](=O)[O-])cc1OC. The van der Waals surface area contributed by atoms with Crippen molar-refractivity contribution in [2.24, 2.45) is 10.2 Å². The number of nitrogen functional groups attached to an aromatic ring is 1. The number of benzene rings is 1. The Hall–Kier alpha value is -4.15. The van der Waals surface area contributed by atoms with E-state index in [0.29, 0.717) is 23.9 Å². The minimum Gasteiger partial charge on any atom is -0.494 e. The zero-order valence-electron chi connectivity index (χ0n) is 16.4. The van der Waals surface area contributed by atoms with Crippen LogP contribution in [0.25, 0.3) is 11.4 Å². The lowest BCUT2D eigenvalue weighted by molar-refractivity contribution is -0.384. The van der Waals surface area contributed by atoms with Gasteiger partial charge in [-0.3, -0.25) is 15.1 Å². The first-order valence-electron chi connectivity index (χ1n) is 9.09. The van der Waals surface area contributed by atoms with Crippen molar-refractivity contribution in [2.75, 3.05) is 24.7 Å². The number of pyridine rings is 1. The number of aromatic nitrogens is 3. The van der Waals surface area contributed by atoms with Crippen LogP contribution in [0.4, 0.5) is 28.7 Å². The molecular weight excluding hydrogens is 388 g/mol. The van der Waals surface area contributed by atoms with E-state index in [2.05, 4.69) is 30.5 Å². The number of nitrogens with zero attached hydrogens (tertiary/aromatic N) is 6. The topological polar surface area (TPSA) is 154 Å². The first-order chi connectivity index (χ1) is 14.5. The second-order valence-electron chi connectivity index (χ2n) is 6.11. The lowest BCUT2D eigenvalue weighted by Crippen LogP contribution is -2.06. The van der Waals surface area contributed by atoms with Crippen molar-refractivity contribution in [1.29, 1.82) is 0 Å².